The Labute approximate surface area is 148 Å². The van der Waals surface area contributed by atoms with Gasteiger partial charge in [0.1, 0.15) is 12.7 Å². The third-order valence-corrected chi connectivity index (χ3v) is 5.27. The van der Waals surface area contributed by atoms with Crippen LogP contribution in [0.25, 0.3) is 0 Å². The summed E-state index contributed by atoms with van der Waals surface area (Å²) in [6.07, 6.45) is 7.93. The average molecular weight is 339 g/mol. The first kappa shape index (κ1) is 16.3. The monoisotopic (exact) mass is 339 g/mol. The lowest BCUT2D eigenvalue weighted by Crippen LogP contribution is -2.40. The molecule has 2 saturated heterocycles. The molecule has 4 rings (SSSR count). The van der Waals surface area contributed by atoms with Gasteiger partial charge in [-0.2, -0.15) is 5.10 Å². The highest BCUT2D eigenvalue weighted by molar-refractivity contribution is 5.94. The van der Waals surface area contributed by atoms with Gasteiger partial charge in [0.25, 0.3) is 5.91 Å². The molecular formula is C19H25N5O. The van der Waals surface area contributed by atoms with Gasteiger partial charge >= 0.3 is 0 Å². The van der Waals surface area contributed by atoms with E-state index in [9.17, 15) is 4.79 Å². The van der Waals surface area contributed by atoms with Gasteiger partial charge in [0.2, 0.25) is 0 Å². The number of hydrogen-bond acceptors (Lipinski definition) is 4. The van der Waals surface area contributed by atoms with Gasteiger partial charge in [-0.15, -0.1) is 0 Å². The number of amides is 1. The van der Waals surface area contributed by atoms with Gasteiger partial charge in [0.15, 0.2) is 0 Å². The van der Waals surface area contributed by atoms with Crippen LogP contribution in [0.3, 0.4) is 0 Å². The second-order valence-corrected chi connectivity index (χ2v) is 7.11. The molecule has 132 valence electrons. The number of benzene rings is 1. The van der Waals surface area contributed by atoms with Crippen molar-refractivity contribution in [2.75, 3.05) is 26.2 Å². The number of carbonyl (C=O) groups excluding carboxylic acids is 1. The second-order valence-electron chi connectivity index (χ2n) is 7.11. The fourth-order valence-electron chi connectivity index (χ4n) is 3.95. The molecule has 1 aromatic carbocycles. The average Bonchev–Trinajstić information content (AvgIpc) is 3.35. The normalized spacial score (nSPS) is 21.6. The standard InChI is InChI=1S/C19H25N5O/c25-19(23-10-4-7-18(13-23)24-15-20-14-21-24)17-6-3-5-16(11-17)12-22-8-1-2-9-22/h3,5-6,11,14-15,18H,1-2,4,7-10,12-13H2/t18-/m1/s1. The maximum absolute atomic E-state index is 13.0. The fraction of sp³-hybridized carbons (Fsp3) is 0.526. The Morgan fingerprint density at radius 3 is 2.84 bits per heavy atom. The minimum atomic E-state index is 0.132. The molecule has 0 aliphatic carbocycles. The van der Waals surface area contributed by atoms with Crippen LogP contribution in [-0.4, -0.2) is 56.7 Å². The zero-order valence-electron chi connectivity index (χ0n) is 14.5. The number of likely N-dealkylation sites (tertiary alicyclic amines) is 2. The number of hydrogen-bond donors (Lipinski definition) is 0. The quantitative estimate of drug-likeness (QED) is 0.858. The molecule has 6 nitrogen and oxygen atoms in total. The molecule has 2 aliphatic heterocycles. The van der Waals surface area contributed by atoms with Gasteiger partial charge in [-0.3, -0.25) is 9.69 Å². The summed E-state index contributed by atoms with van der Waals surface area (Å²) >= 11 is 0. The summed E-state index contributed by atoms with van der Waals surface area (Å²) in [4.78, 5) is 21.4. The molecule has 2 fully saturated rings. The Hall–Kier alpha value is -2.21. The summed E-state index contributed by atoms with van der Waals surface area (Å²) < 4.78 is 1.88. The van der Waals surface area contributed by atoms with E-state index >= 15 is 0 Å². The smallest absolute Gasteiger partial charge is 0.253 e. The van der Waals surface area contributed by atoms with Crippen molar-refractivity contribution in [2.45, 2.75) is 38.3 Å². The summed E-state index contributed by atoms with van der Waals surface area (Å²) in [5.74, 6) is 0.132. The second kappa shape index (κ2) is 7.35. The van der Waals surface area contributed by atoms with Gasteiger partial charge in [-0.1, -0.05) is 12.1 Å². The van der Waals surface area contributed by atoms with E-state index in [1.165, 1.54) is 31.5 Å². The number of piperidine rings is 1. The van der Waals surface area contributed by atoms with E-state index in [0.717, 1.165) is 31.5 Å². The van der Waals surface area contributed by atoms with Crippen LogP contribution in [0.2, 0.25) is 0 Å². The minimum Gasteiger partial charge on any atom is -0.337 e. The number of rotatable bonds is 4. The lowest BCUT2D eigenvalue weighted by molar-refractivity contribution is 0.0672. The van der Waals surface area contributed by atoms with Crippen LogP contribution in [0.4, 0.5) is 0 Å². The fourth-order valence-corrected chi connectivity index (χ4v) is 3.95. The van der Waals surface area contributed by atoms with Gasteiger partial charge in [-0.25, -0.2) is 9.67 Å². The topological polar surface area (TPSA) is 54.3 Å². The number of aromatic nitrogens is 3. The predicted molar refractivity (Wildman–Crippen MR) is 95.1 cm³/mol. The maximum atomic E-state index is 13.0. The third kappa shape index (κ3) is 3.74. The van der Waals surface area contributed by atoms with Crippen molar-refractivity contribution in [3.8, 4) is 0 Å². The largest absolute Gasteiger partial charge is 0.337 e. The highest BCUT2D eigenvalue weighted by atomic mass is 16.2. The van der Waals surface area contributed by atoms with Crippen molar-refractivity contribution in [2.24, 2.45) is 0 Å². The molecule has 0 bridgehead atoms. The lowest BCUT2D eigenvalue weighted by atomic mass is 10.0. The molecule has 0 spiro atoms. The molecular weight excluding hydrogens is 314 g/mol. The molecule has 25 heavy (non-hydrogen) atoms. The molecule has 2 aliphatic rings. The zero-order chi connectivity index (χ0) is 17.1. The molecule has 0 unspecified atom stereocenters. The molecule has 2 aromatic rings. The predicted octanol–water partition coefficient (Wildman–Crippen LogP) is 2.35. The zero-order valence-corrected chi connectivity index (χ0v) is 14.5. The summed E-state index contributed by atoms with van der Waals surface area (Å²) in [5.41, 5.74) is 2.04. The Morgan fingerprint density at radius 1 is 1.16 bits per heavy atom. The SMILES string of the molecule is O=C(c1cccc(CN2CCCC2)c1)N1CCC[C@@H](n2cncn2)C1. The van der Waals surface area contributed by atoms with Crippen molar-refractivity contribution in [3.05, 3.63) is 48.0 Å². The summed E-state index contributed by atoms with van der Waals surface area (Å²) in [6.45, 7) is 4.81. The van der Waals surface area contributed by atoms with Crippen LogP contribution in [0, 0.1) is 0 Å². The van der Waals surface area contributed by atoms with E-state index in [4.69, 9.17) is 0 Å². The van der Waals surface area contributed by atoms with Gasteiger partial charge in [-0.05, 0) is 56.5 Å². The lowest BCUT2D eigenvalue weighted by Gasteiger charge is -2.32. The van der Waals surface area contributed by atoms with E-state index in [1.807, 2.05) is 21.7 Å². The van der Waals surface area contributed by atoms with Crippen LogP contribution < -0.4 is 0 Å². The van der Waals surface area contributed by atoms with E-state index in [-0.39, 0.29) is 11.9 Å². The van der Waals surface area contributed by atoms with Gasteiger partial charge in [0.05, 0.1) is 6.04 Å². The molecule has 3 heterocycles. The summed E-state index contributed by atoms with van der Waals surface area (Å²) in [6, 6.07) is 8.38. The molecule has 0 saturated carbocycles. The van der Waals surface area contributed by atoms with Crippen molar-refractivity contribution in [1.82, 2.24) is 24.6 Å². The van der Waals surface area contributed by atoms with Gasteiger partial charge < -0.3 is 4.90 Å². The van der Waals surface area contributed by atoms with E-state index in [1.54, 1.807) is 12.7 Å². The maximum Gasteiger partial charge on any atom is 0.253 e. The molecule has 1 atom stereocenters. The van der Waals surface area contributed by atoms with E-state index in [0.29, 0.717) is 6.54 Å². The Balaban J connectivity index is 1.44. The van der Waals surface area contributed by atoms with Crippen LogP contribution in [0.15, 0.2) is 36.9 Å². The first-order valence-electron chi connectivity index (χ1n) is 9.24. The molecule has 0 radical (unpaired) electrons. The highest BCUT2D eigenvalue weighted by Gasteiger charge is 2.26. The Morgan fingerprint density at radius 2 is 2.04 bits per heavy atom. The van der Waals surface area contributed by atoms with Crippen LogP contribution >= 0.6 is 0 Å². The van der Waals surface area contributed by atoms with Crippen molar-refractivity contribution < 1.29 is 4.79 Å². The first-order valence-corrected chi connectivity index (χ1v) is 9.24. The van der Waals surface area contributed by atoms with Crippen LogP contribution in [-0.2, 0) is 6.54 Å². The Kier molecular flexibility index (Phi) is 4.78. The summed E-state index contributed by atoms with van der Waals surface area (Å²) in [5, 5.41) is 4.24. The minimum absolute atomic E-state index is 0.132. The summed E-state index contributed by atoms with van der Waals surface area (Å²) in [7, 11) is 0. The van der Waals surface area contributed by atoms with Crippen LogP contribution in [0.1, 0.15) is 47.6 Å². The molecule has 1 amide bonds. The highest BCUT2D eigenvalue weighted by Crippen LogP contribution is 2.22. The van der Waals surface area contributed by atoms with Gasteiger partial charge in [0, 0.05) is 25.2 Å². The number of nitrogens with zero attached hydrogens (tertiary/aromatic N) is 5. The third-order valence-electron chi connectivity index (χ3n) is 5.27. The van der Waals surface area contributed by atoms with E-state index in [2.05, 4.69) is 27.1 Å². The van der Waals surface area contributed by atoms with Crippen molar-refractivity contribution in [3.63, 3.8) is 0 Å². The molecule has 0 N–H and O–H groups in total. The first-order chi connectivity index (χ1) is 12.3. The van der Waals surface area contributed by atoms with Crippen molar-refractivity contribution in [1.29, 1.82) is 0 Å². The molecule has 1 aromatic heterocycles. The van der Waals surface area contributed by atoms with Crippen LogP contribution in [0.5, 0.6) is 0 Å². The van der Waals surface area contributed by atoms with E-state index < -0.39 is 0 Å². The molecule has 6 heteroatoms. The number of carbonyl (C=O) groups is 1. The Bertz CT molecular complexity index is 708. The van der Waals surface area contributed by atoms with Crippen molar-refractivity contribution >= 4 is 5.91 Å².